The Morgan fingerprint density at radius 2 is 1.87 bits per heavy atom. The standard InChI is InChI=1S/C18H34N2O3/c19-11-5-2-1-3-8-18(21)20-12-9-16(10-13-20)23-15-17-7-4-6-14-22-17/h16-17H,1-15,19H2. The van der Waals surface area contributed by atoms with Gasteiger partial charge < -0.3 is 20.1 Å². The Morgan fingerprint density at radius 1 is 1.09 bits per heavy atom. The zero-order valence-corrected chi connectivity index (χ0v) is 14.5. The molecule has 2 heterocycles. The fraction of sp³-hybridized carbons (Fsp3) is 0.944. The number of unbranched alkanes of at least 4 members (excludes halogenated alkanes) is 3. The van der Waals surface area contributed by atoms with Crippen LogP contribution in [-0.2, 0) is 14.3 Å². The van der Waals surface area contributed by atoms with Gasteiger partial charge >= 0.3 is 0 Å². The maximum atomic E-state index is 12.2. The van der Waals surface area contributed by atoms with Gasteiger partial charge in [-0.25, -0.2) is 0 Å². The molecule has 0 aromatic heterocycles. The molecular weight excluding hydrogens is 292 g/mol. The van der Waals surface area contributed by atoms with E-state index in [1.165, 1.54) is 12.8 Å². The van der Waals surface area contributed by atoms with Gasteiger partial charge in [0, 0.05) is 26.1 Å². The molecule has 23 heavy (non-hydrogen) atoms. The van der Waals surface area contributed by atoms with Crippen LogP contribution in [-0.4, -0.2) is 55.9 Å². The summed E-state index contributed by atoms with van der Waals surface area (Å²) in [6, 6.07) is 0. The highest BCUT2D eigenvalue weighted by molar-refractivity contribution is 5.76. The van der Waals surface area contributed by atoms with Gasteiger partial charge in [0.25, 0.3) is 0 Å². The van der Waals surface area contributed by atoms with Gasteiger partial charge in [-0.3, -0.25) is 4.79 Å². The predicted molar refractivity (Wildman–Crippen MR) is 91.3 cm³/mol. The van der Waals surface area contributed by atoms with E-state index >= 15 is 0 Å². The summed E-state index contributed by atoms with van der Waals surface area (Å²) in [7, 11) is 0. The number of ether oxygens (including phenoxy) is 2. The number of nitrogens with two attached hydrogens (primary N) is 1. The van der Waals surface area contributed by atoms with Gasteiger partial charge in [0.2, 0.25) is 5.91 Å². The van der Waals surface area contributed by atoms with Crippen molar-refractivity contribution in [3.63, 3.8) is 0 Å². The van der Waals surface area contributed by atoms with Crippen LogP contribution in [0.25, 0.3) is 0 Å². The Balaban J connectivity index is 1.53. The number of rotatable bonds is 9. The molecule has 2 saturated heterocycles. The highest BCUT2D eigenvalue weighted by Gasteiger charge is 2.24. The number of amides is 1. The summed E-state index contributed by atoms with van der Waals surface area (Å²) >= 11 is 0. The first kappa shape index (κ1) is 18.7. The van der Waals surface area contributed by atoms with Gasteiger partial charge in [-0.05, 0) is 51.5 Å². The predicted octanol–water partition coefficient (Wildman–Crippen LogP) is 2.47. The second-order valence-corrected chi connectivity index (χ2v) is 6.85. The van der Waals surface area contributed by atoms with E-state index in [1.807, 2.05) is 4.90 Å². The van der Waals surface area contributed by atoms with Gasteiger partial charge in [-0.15, -0.1) is 0 Å². The van der Waals surface area contributed by atoms with Crippen molar-refractivity contribution in [1.82, 2.24) is 4.90 Å². The molecule has 0 aromatic rings. The molecule has 2 N–H and O–H groups in total. The quantitative estimate of drug-likeness (QED) is 0.661. The topological polar surface area (TPSA) is 64.8 Å². The highest BCUT2D eigenvalue weighted by Crippen LogP contribution is 2.18. The molecule has 1 atom stereocenters. The van der Waals surface area contributed by atoms with Crippen LogP contribution >= 0.6 is 0 Å². The number of hydrogen-bond donors (Lipinski definition) is 1. The van der Waals surface area contributed by atoms with Crippen LogP contribution in [0.3, 0.4) is 0 Å². The Bertz CT molecular complexity index is 324. The summed E-state index contributed by atoms with van der Waals surface area (Å²) in [5.74, 6) is 0.312. The van der Waals surface area contributed by atoms with Crippen molar-refractivity contribution >= 4 is 5.91 Å². The van der Waals surface area contributed by atoms with E-state index in [4.69, 9.17) is 15.2 Å². The number of piperidine rings is 1. The van der Waals surface area contributed by atoms with Crippen LogP contribution in [0.2, 0.25) is 0 Å². The summed E-state index contributed by atoms with van der Waals surface area (Å²) in [6.45, 7) is 4.05. The van der Waals surface area contributed by atoms with E-state index in [1.54, 1.807) is 0 Å². The van der Waals surface area contributed by atoms with Gasteiger partial charge in [-0.1, -0.05) is 12.8 Å². The molecule has 5 heteroatoms. The number of nitrogens with zero attached hydrogens (tertiary/aromatic N) is 1. The second kappa shape index (κ2) is 11.0. The third kappa shape index (κ3) is 7.19. The van der Waals surface area contributed by atoms with E-state index in [2.05, 4.69) is 0 Å². The van der Waals surface area contributed by atoms with Crippen molar-refractivity contribution in [3.8, 4) is 0 Å². The lowest BCUT2D eigenvalue weighted by atomic mass is 10.1. The molecule has 134 valence electrons. The lowest BCUT2D eigenvalue weighted by Gasteiger charge is -2.33. The highest BCUT2D eigenvalue weighted by atomic mass is 16.5. The SMILES string of the molecule is NCCCCCCC(=O)N1CCC(OCC2CCCCO2)CC1. The molecule has 2 rings (SSSR count). The molecule has 2 aliphatic heterocycles. The third-order valence-electron chi connectivity index (χ3n) is 4.93. The third-order valence-corrected chi connectivity index (χ3v) is 4.93. The van der Waals surface area contributed by atoms with E-state index in [0.29, 0.717) is 18.4 Å². The fourth-order valence-corrected chi connectivity index (χ4v) is 3.39. The van der Waals surface area contributed by atoms with Gasteiger partial charge in [0.05, 0.1) is 18.8 Å². The molecule has 1 unspecified atom stereocenters. The van der Waals surface area contributed by atoms with Crippen molar-refractivity contribution in [2.75, 3.05) is 32.8 Å². The van der Waals surface area contributed by atoms with Crippen molar-refractivity contribution in [3.05, 3.63) is 0 Å². The monoisotopic (exact) mass is 326 g/mol. The number of carbonyl (C=O) groups excluding carboxylic acids is 1. The minimum absolute atomic E-state index is 0.289. The summed E-state index contributed by atoms with van der Waals surface area (Å²) in [6.07, 6.45) is 11.1. The van der Waals surface area contributed by atoms with Crippen LogP contribution in [0, 0.1) is 0 Å². The van der Waals surface area contributed by atoms with Crippen molar-refractivity contribution in [2.45, 2.75) is 76.4 Å². The summed E-state index contributed by atoms with van der Waals surface area (Å²) in [5.41, 5.74) is 5.48. The van der Waals surface area contributed by atoms with Crippen molar-refractivity contribution in [2.24, 2.45) is 5.73 Å². The Kier molecular flexibility index (Phi) is 8.94. The summed E-state index contributed by atoms with van der Waals surface area (Å²) < 4.78 is 11.7. The number of likely N-dealkylation sites (tertiary alicyclic amines) is 1. The van der Waals surface area contributed by atoms with Gasteiger partial charge in [0.15, 0.2) is 0 Å². The van der Waals surface area contributed by atoms with E-state index in [0.717, 1.165) is 77.8 Å². The molecule has 1 amide bonds. The fourth-order valence-electron chi connectivity index (χ4n) is 3.39. The van der Waals surface area contributed by atoms with Crippen LogP contribution < -0.4 is 5.73 Å². The smallest absolute Gasteiger partial charge is 0.222 e. The lowest BCUT2D eigenvalue weighted by molar-refractivity contribution is -0.135. The van der Waals surface area contributed by atoms with Crippen molar-refractivity contribution < 1.29 is 14.3 Å². The molecule has 0 aromatic carbocycles. The molecule has 0 saturated carbocycles. The summed E-state index contributed by atoms with van der Waals surface area (Å²) in [5, 5.41) is 0. The first-order chi connectivity index (χ1) is 11.3. The zero-order valence-electron chi connectivity index (χ0n) is 14.5. The van der Waals surface area contributed by atoms with E-state index < -0.39 is 0 Å². The molecule has 0 radical (unpaired) electrons. The Labute approximate surface area is 140 Å². The Morgan fingerprint density at radius 3 is 2.57 bits per heavy atom. The van der Waals surface area contributed by atoms with Crippen LogP contribution in [0.5, 0.6) is 0 Å². The lowest BCUT2D eigenvalue weighted by Crippen LogP contribution is -2.41. The second-order valence-electron chi connectivity index (χ2n) is 6.85. The molecule has 5 nitrogen and oxygen atoms in total. The van der Waals surface area contributed by atoms with Gasteiger partial charge in [-0.2, -0.15) is 0 Å². The largest absolute Gasteiger partial charge is 0.376 e. The molecule has 2 aliphatic rings. The normalized spacial score (nSPS) is 23.2. The van der Waals surface area contributed by atoms with Crippen LogP contribution in [0.4, 0.5) is 0 Å². The van der Waals surface area contributed by atoms with Gasteiger partial charge in [0.1, 0.15) is 0 Å². The first-order valence-corrected chi connectivity index (χ1v) is 9.50. The van der Waals surface area contributed by atoms with Crippen molar-refractivity contribution in [1.29, 1.82) is 0 Å². The average molecular weight is 326 g/mol. The molecule has 0 aliphatic carbocycles. The number of hydrogen-bond acceptors (Lipinski definition) is 4. The molecule has 2 fully saturated rings. The molecule has 0 spiro atoms. The van der Waals surface area contributed by atoms with E-state index in [9.17, 15) is 4.79 Å². The van der Waals surface area contributed by atoms with E-state index in [-0.39, 0.29) is 6.10 Å². The number of carbonyl (C=O) groups is 1. The summed E-state index contributed by atoms with van der Waals surface area (Å²) in [4.78, 5) is 14.2. The van der Waals surface area contributed by atoms with Crippen LogP contribution in [0.1, 0.15) is 64.2 Å². The minimum atomic E-state index is 0.289. The molecule has 0 bridgehead atoms. The molecular formula is C18H34N2O3. The average Bonchev–Trinajstić information content (AvgIpc) is 2.61. The Hall–Kier alpha value is -0.650. The first-order valence-electron chi connectivity index (χ1n) is 9.50. The maximum Gasteiger partial charge on any atom is 0.222 e. The maximum absolute atomic E-state index is 12.2. The zero-order chi connectivity index (χ0) is 16.3. The minimum Gasteiger partial charge on any atom is -0.376 e. The van der Waals surface area contributed by atoms with Crippen LogP contribution in [0.15, 0.2) is 0 Å².